The van der Waals surface area contributed by atoms with Crippen LogP contribution in [0.4, 0.5) is 4.79 Å². The van der Waals surface area contributed by atoms with Crippen LogP contribution in [0, 0.1) is 0 Å². The number of hydrogen-bond acceptors (Lipinski definition) is 4. The van der Waals surface area contributed by atoms with Crippen molar-refractivity contribution in [2.75, 3.05) is 27.2 Å². The molecule has 1 aliphatic heterocycles. The summed E-state index contributed by atoms with van der Waals surface area (Å²) < 4.78 is 0. The van der Waals surface area contributed by atoms with Crippen LogP contribution >= 0.6 is 23.2 Å². The minimum absolute atomic E-state index is 0.0997. The Labute approximate surface area is 175 Å². The van der Waals surface area contributed by atoms with Gasteiger partial charge >= 0.3 is 6.03 Å². The highest BCUT2D eigenvalue weighted by atomic mass is 35.5. The number of rotatable bonds is 5. The molecule has 0 aliphatic carbocycles. The number of hydrogen-bond donors (Lipinski definition) is 1. The summed E-state index contributed by atoms with van der Waals surface area (Å²) in [5, 5.41) is 3.94. The van der Waals surface area contributed by atoms with Gasteiger partial charge in [-0.1, -0.05) is 42.3 Å². The van der Waals surface area contributed by atoms with Crippen molar-refractivity contribution in [2.45, 2.75) is 31.8 Å². The van der Waals surface area contributed by atoms with E-state index in [4.69, 9.17) is 23.2 Å². The summed E-state index contributed by atoms with van der Waals surface area (Å²) >= 11 is 13.1. The lowest BCUT2D eigenvalue weighted by molar-refractivity contribution is 0.186. The summed E-state index contributed by atoms with van der Waals surface area (Å²) in [5.74, 6) is 0. The zero-order valence-corrected chi connectivity index (χ0v) is 17.8. The van der Waals surface area contributed by atoms with E-state index in [9.17, 15) is 4.79 Å². The Bertz CT molecular complexity index is 833. The van der Waals surface area contributed by atoms with Gasteiger partial charge < -0.3 is 15.1 Å². The Morgan fingerprint density at radius 1 is 1.36 bits per heavy atom. The number of carbonyl (C=O) groups is 1. The molecule has 1 fully saturated rings. The summed E-state index contributed by atoms with van der Waals surface area (Å²) in [7, 11) is 3.92. The highest BCUT2D eigenvalue weighted by molar-refractivity contribution is 6.44. The summed E-state index contributed by atoms with van der Waals surface area (Å²) in [6.07, 6.45) is 6.54. The second kappa shape index (κ2) is 9.07. The number of likely N-dealkylation sites (tertiary alicyclic amines) is 1. The van der Waals surface area contributed by atoms with E-state index in [0.29, 0.717) is 22.2 Å². The third-order valence-corrected chi connectivity index (χ3v) is 6.16. The molecule has 6 nitrogen and oxygen atoms in total. The molecule has 1 saturated heterocycles. The molecular formula is C20H25Cl2N5O. The van der Waals surface area contributed by atoms with Crippen LogP contribution < -0.4 is 5.32 Å². The highest BCUT2D eigenvalue weighted by Gasteiger charge is 2.28. The van der Waals surface area contributed by atoms with Gasteiger partial charge in [0.1, 0.15) is 0 Å². The van der Waals surface area contributed by atoms with E-state index >= 15 is 0 Å². The molecule has 2 heterocycles. The van der Waals surface area contributed by atoms with Crippen molar-refractivity contribution in [3.8, 4) is 11.3 Å². The number of urea groups is 1. The second-order valence-electron chi connectivity index (χ2n) is 7.15. The molecule has 0 radical (unpaired) electrons. The summed E-state index contributed by atoms with van der Waals surface area (Å²) in [6.45, 7) is 3.90. The van der Waals surface area contributed by atoms with E-state index in [1.807, 2.05) is 26.1 Å². The van der Waals surface area contributed by atoms with Gasteiger partial charge in [0.15, 0.2) is 0 Å². The van der Waals surface area contributed by atoms with Crippen LogP contribution in [-0.4, -0.2) is 59.0 Å². The van der Waals surface area contributed by atoms with Gasteiger partial charge in [-0.2, -0.15) is 0 Å². The summed E-state index contributed by atoms with van der Waals surface area (Å²) in [5.41, 5.74) is 2.17. The Morgan fingerprint density at radius 3 is 2.75 bits per heavy atom. The molecule has 1 N–H and O–H groups in total. The average Bonchev–Trinajstić information content (AvgIpc) is 3.14. The molecule has 0 bridgehead atoms. The third-order valence-electron chi connectivity index (χ3n) is 5.27. The second-order valence-corrected chi connectivity index (χ2v) is 7.90. The fraction of sp³-hybridized carbons (Fsp3) is 0.450. The first-order chi connectivity index (χ1) is 13.4. The number of nitrogens with zero attached hydrogens (tertiary/aromatic N) is 4. The first-order valence-corrected chi connectivity index (χ1v) is 10.1. The number of likely N-dealkylation sites (N-methyl/N-ethyl adjacent to an activating group) is 2. The predicted molar refractivity (Wildman–Crippen MR) is 113 cm³/mol. The molecule has 0 saturated carbocycles. The lowest BCUT2D eigenvalue weighted by atomic mass is 10.0. The number of nitrogens with one attached hydrogen (secondary N) is 1. The minimum atomic E-state index is -0.227. The summed E-state index contributed by atoms with van der Waals surface area (Å²) in [6, 6.07) is 3.67. The van der Waals surface area contributed by atoms with Crippen molar-refractivity contribution in [1.29, 1.82) is 0 Å². The summed E-state index contributed by atoms with van der Waals surface area (Å²) in [4.78, 5) is 25.1. The first-order valence-electron chi connectivity index (χ1n) is 9.38. The van der Waals surface area contributed by atoms with Crippen LogP contribution in [0.25, 0.3) is 11.3 Å². The Morgan fingerprint density at radius 2 is 2.14 bits per heavy atom. The molecule has 1 aliphatic rings. The van der Waals surface area contributed by atoms with Crippen molar-refractivity contribution in [1.82, 2.24) is 25.1 Å². The number of halogens is 2. The van der Waals surface area contributed by atoms with Gasteiger partial charge in [-0.15, -0.1) is 0 Å². The van der Waals surface area contributed by atoms with Crippen molar-refractivity contribution in [3.63, 3.8) is 0 Å². The maximum Gasteiger partial charge on any atom is 0.317 e. The maximum atomic E-state index is 12.8. The number of benzene rings is 1. The van der Waals surface area contributed by atoms with Gasteiger partial charge in [0.2, 0.25) is 0 Å². The van der Waals surface area contributed by atoms with Crippen molar-refractivity contribution in [3.05, 3.63) is 46.3 Å². The lowest BCUT2D eigenvalue weighted by Gasteiger charge is -2.28. The van der Waals surface area contributed by atoms with Crippen LogP contribution in [0.5, 0.6) is 0 Å². The molecule has 150 valence electrons. The Kier molecular flexibility index (Phi) is 6.75. The number of aromatic nitrogens is 2. The smallest absolute Gasteiger partial charge is 0.317 e. The van der Waals surface area contributed by atoms with E-state index in [-0.39, 0.29) is 18.1 Å². The van der Waals surface area contributed by atoms with Crippen molar-refractivity contribution in [2.24, 2.45) is 0 Å². The van der Waals surface area contributed by atoms with Crippen LogP contribution in [0.2, 0.25) is 10.0 Å². The zero-order chi connectivity index (χ0) is 20.3. The molecular weight excluding hydrogens is 397 g/mol. The third kappa shape index (κ3) is 4.40. The first kappa shape index (κ1) is 20.8. The van der Waals surface area contributed by atoms with Gasteiger partial charge in [0, 0.05) is 37.6 Å². The maximum absolute atomic E-state index is 12.8. The average molecular weight is 422 g/mol. The minimum Gasteiger partial charge on any atom is -0.331 e. The molecule has 1 aromatic carbocycles. The van der Waals surface area contributed by atoms with E-state index in [1.54, 1.807) is 23.5 Å². The monoisotopic (exact) mass is 421 g/mol. The molecule has 2 atom stereocenters. The van der Waals surface area contributed by atoms with Gasteiger partial charge in [-0.25, -0.2) is 4.79 Å². The molecule has 2 amide bonds. The quantitative estimate of drug-likeness (QED) is 0.783. The highest BCUT2D eigenvalue weighted by Crippen LogP contribution is 2.38. The van der Waals surface area contributed by atoms with E-state index in [1.165, 1.54) is 0 Å². The van der Waals surface area contributed by atoms with Gasteiger partial charge in [0.05, 0.1) is 28.0 Å². The fourth-order valence-electron chi connectivity index (χ4n) is 3.51. The molecule has 2 aromatic rings. The normalized spacial score (nSPS) is 18.1. The molecule has 8 heteroatoms. The molecule has 28 heavy (non-hydrogen) atoms. The van der Waals surface area contributed by atoms with Gasteiger partial charge in [-0.3, -0.25) is 9.97 Å². The van der Waals surface area contributed by atoms with E-state index in [0.717, 1.165) is 30.6 Å². The van der Waals surface area contributed by atoms with Crippen molar-refractivity contribution < 1.29 is 4.79 Å². The Balaban J connectivity index is 1.79. The SMILES string of the molecule is CCC(NC(=O)N(C)C1CCN(C)C1)c1ccc(-c2cnccn2)c(Cl)c1Cl. The molecule has 1 aromatic heterocycles. The molecule has 3 rings (SSSR count). The van der Waals surface area contributed by atoms with Gasteiger partial charge in [-0.05, 0) is 32.0 Å². The molecule has 2 unspecified atom stereocenters. The zero-order valence-electron chi connectivity index (χ0n) is 16.3. The number of amides is 2. The molecule has 0 spiro atoms. The van der Waals surface area contributed by atoms with Crippen LogP contribution in [0.1, 0.15) is 31.4 Å². The Hall–Kier alpha value is -1.89. The topological polar surface area (TPSA) is 61.4 Å². The van der Waals surface area contributed by atoms with E-state index < -0.39 is 0 Å². The van der Waals surface area contributed by atoms with Crippen molar-refractivity contribution >= 4 is 29.2 Å². The van der Waals surface area contributed by atoms with Gasteiger partial charge in [0.25, 0.3) is 0 Å². The van der Waals surface area contributed by atoms with Crippen LogP contribution in [0.3, 0.4) is 0 Å². The fourth-order valence-corrected chi connectivity index (χ4v) is 4.08. The van der Waals surface area contributed by atoms with Crippen LogP contribution in [-0.2, 0) is 0 Å². The number of carbonyl (C=O) groups excluding carboxylic acids is 1. The lowest BCUT2D eigenvalue weighted by Crippen LogP contribution is -2.45. The largest absolute Gasteiger partial charge is 0.331 e. The standard InChI is InChI=1S/C20H25Cl2N5O/c1-4-16(25-20(28)27(3)13-7-10-26(2)12-13)14-5-6-15(19(22)18(14)21)17-11-23-8-9-24-17/h5-6,8-9,11,13,16H,4,7,10,12H2,1-3H3,(H,25,28). The van der Waals surface area contributed by atoms with E-state index in [2.05, 4.69) is 27.2 Å². The van der Waals surface area contributed by atoms with Crippen LogP contribution in [0.15, 0.2) is 30.7 Å². The predicted octanol–water partition coefficient (Wildman–Crippen LogP) is 4.25.